The number of thiophene rings is 2. The Balaban J connectivity index is 0.000000170. The summed E-state index contributed by atoms with van der Waals surface area (Å²) in [6, 6.07) is 71.0. The molecule has 534 valence electrons. The van der Waals surface area contributed by atoms with Gasteiger partial charge in [-0.05, 0) is 171 Å². The third-order valence-corrected chi connectivity index (χ3v) is 24.9. The lowest BCUT2D eigenvalue weighted by Gasteiger charge is -2.46. The van der Waals surface area contributed by atoms with Crippen molar-refractivity contribution in [3.63, 3.8) is 0 Å². The van der Waals surface area contributed by atoms with E-state index in [-0.39, 0.29) is 55.9 Å². The fraction of sp³-hybridized carbons (Fsp3) is 0.286. The second-order valence-corrected chi connectivity index (χ2v) is 36.7. The first-order valence-corrected chi connectivity index (χ1v) is 39.5. The fourth-order valence-corrected chi connectivity index (χ4v) is 19.8. The van der Waals surface area contributed by atoms with Gasteiger partial charge >= 0.3 is 0 Å². The number of fused-ring (bicyclic) bond motifs is 13. The number of hydrogen-bond donors (Lipinski definition) is 0. The second-order valence-electron chi connectivity index (χ2n) is 34.5. The van der Waals surface area contributed by atoms with E-state index in [0.29, 0.717) is 45.9 Å². The molecular formula is C98H96N2O4S2. The number of carbonyl (C=O) groups is 4. The van der Waals surface area contributed by atoms with Gasteiger partial charge in [0.05, 0.1) is 39.3 Å². The molecule has 0 N–H and O–H groups in total. The normalized spacial score (nSPS) is 15.2. The molecule has 0 unspecified atom stereocenters. The van der Waals surface area contributed by atoms with Gasteiger partial charge in [0.1, 0.15) is 10.0 Å². The number of Topliss-reactive ketones (excluding diaryl/α,β-unsaturated/α-hetero) is 4. The molecule has 0 saturated carbocycles. The summed E-state index contributed by atoms with van der Waals surface area (Å²) >= 11 is 3.35. The molecule has 106 heavy (non-hydrogen) atoms. The number of para-hydroxylation sites is 2. The molecule has 8 heteroatoms. The molecule has 4 heterocycles. The summed E-state index contributed by atoms with van der Waals surface area (Å²) < 4.78 is 0. The quantitative estimate of drug-likeness (QED) is 0.106. The lowest BCUT2D eigenvalue weighted by atomic mass is 9.65. The number of ketones is 4. The van der Waals surface area contributed by atoms with Crippen molar-refractivity contribution in [1.29, 1.82) is 0 Å². The maximum Gasteiger partial charge on any atom is 0.197 e. The minimum atomic E-state index is -0.620. The van der Waals surface area contributed by atoms with Crippen molar-refractivity contribution in [2.45, 2.75) is 182 Å². The number of allylic oxidation sites excluding steroid dienone is 2. The Kier molecular flexibility index (Phi) is 17.6. The first-order valence-electron chi connectivity index (χ1n) is 37.8. The largest absolute Gasteiger partial charge is 0.301 e. The first kappa shape index (κ1) is 71.7. The van der Waals surface area contributed by atoms with Crippen LogP contribution in [0.2, 0.25) is 0 Å². The topological polar surface area (TPSA) is 74.8 Å². The van der Waals surface area contributed by atoms with Crippen LogP contribution in [0.15, 0.2) is 211 Å². The highest BCUT2D eigenvalue weighted by molar-refractivity contribution is 7.17. The van der Waals surface area contributed by atoms with Crippen molar-refractivity contribution >= 4 is 90.7 Å². The van der Waals surface area contributed by atoms with E-state index in [1.165, 1.54) is 106 Å². The second kappa shape index (κ2) is 26.0. The van der Waals surface area contributed by atoms with Gasteiger partial charge in [0.25, 0.3) is 0 Å². The van der Waals surface area contributed by atoms with E-state index in [4.69, 9.17) is 0 Å². The number of carbonyl (C=O) groups excluding carboxylic acids is 4. The van der Waals surface area contributed by atoms with Gasteiger partial charge in [-0.2, -0.15) is 0 Å². The fourth-order valence-electron chi connectivity index (χ4n) is 17.3. The Morgan fingerprint density at radius 1 is 0.349 bits per heavy atom. The van der Waals surface area contributed by atoms with Crippen LogP contribution >= 0.6 is 22.7 Å². The van der Waals surface area contributed by atoms with Crippen LogP contribution in [0, 0.1) is 0 Å². The standard InChI is InChI=1S/C51H47NO2S.C47H49NO2S/c1-48(2,3)30-26-40(49(4,5)6)44(41(27-30)50(7,8)9)52-43-25-17-16-24-39(43)51(37-22-14-12-18-32(37)33-19-13-15-23-38(33)51)42-29-31(55-47(42)52)28-36-45(53)34-20-10-11-21-35(34)46(36)54;1-26(2)32-17-13-18-33(27(3)4)42(32)30-21-22-41-39(23-30)47(9,10)40-25-31(24-38-44(49)36-15-11-12-16-37(36)45(38)50)51-46(40)48(41)43-34(28(5)6)19-14-20-35(43)29(7)8/h10-29H,1-9H3;11-29H,1-10H3. The van der Waals surface area contributed by atoms with E-state index < -0.39 is 5.41 Å². The molecule has 0 bridgehead atoms. The number of hydrogen-bond acceptors (Lipinski definition) is 8. The molecule has 0 atom stereocenters. The van der Waals surface area contributed by atoms with E-state index in [9.17, 15) is 19.2 Å². The van der Waals surface area contributed by atoms with Crippen LogP contribution in [0.1, 0.15) is 279 Å². The van der Waals surface area contributed by atoms with E-state index in [1.54, 1.807) is 46.9 Å². The van der Waals surface area contributed by atoms with Crippen LogP contribution in [0.5, 0.6) is 0 Å². The highest BCUT2D eigenvalue weighted by atomic mass is 32.1. The maximum atomic E-state index is 13.8. The zero-order chi connectivity index (χ0) is 75.3. The predicted octanol–water partition coefficient (Wildman–Crippen LogP) is 26.7. The van der Waals surface area contributed by atoms with Crippen molar-refractivity contribution in [2.24, 2.45) is 0 Å². The van der Waals surface area contributed by atoms with E-state index in [2.05, 4.69) is 293 Å². The minimum absolute atomic E-state index is 0.0506. The summed E-state index contributed by atoms with van der Waals surface area (Å²) in [4.78, 5) is 61.5. The molecule has 2 aromatic heterocycles. The van der Waals surface area contributed by atoms with Gasteiger partial charge in [0, 0.05) is 43.0 Å². The van der Waals surface area contributed by atoms with E-state index in [0.717, 1.165) is 31.0 Å². The predicted molar refractivity (Wildman–Crippen MR) is 445 cm³/mol. The molecule has 2 aliphatic heterocycles. The van der Waals surface area contributed by atoms with Crippen LogP contribution in [-0.4, -0.2) is 23.1 Å². The maximum absolute atomic E-state index is 13.8. The van der Waals surface area contributed by atoms with Crippen molar-refractivity contribution in [1.82, 2.24) is 0 Å². The first-order chi connectivity index (χ1) is 50.2. The molecule has 0 saturated heterocycles. The number of rotatable bonds is 9. The van der Waals surface area contributed by atoms with Crippen LogP contribution < -0.4 is 9.80 Å². The SMILES string of the molecule is CC(C)(C)c1cc(C(C)(C)C)c(N2c3ccccc3C3(c4ccccc4-c4ccccc43)c3cc(C=C4C(=O)c5ccccc5C4=O)sc32)c(C(C)(C)C)c1.CC(C)c1cccc(C(C)C)c1-c1ccc2c(c1)C(C)(C)c1cc(C=C3C(=O)c4ccccc4C3=O)sc1N2c1c(C(C)C)cccc1C(C)C. The molecule has 5 aliphatic rings. The van der Waals surface area contributed by atoms with Crippen LogP contribution in [0.4, 0.5) is 32.8 Å². The molecule has 0 amide bonds. The molecule has 6 nitrogen and oxygen atoms in total. The van der Waals surface area contributed by atoms with E-state index >= 15 is 0 Å². The van der Waals surface area contributed by atoms with Gasteiger partial charge in [0.15, 0.2) is 23.1 Å². The van der Waals surface area contributed by atoms with Crippen molar-refractivity contribution in [3.05, 3.63) is 316 Å². The van der Waals surface area contributed by atoms with Crippen LogP contribution in [-0.2, 0) is 27.1 Å². The van der Waals surface area contributed by atoms with Gasteiger partial charge in [-0.15, -0.1) is 22.7 Å². The van der Waals surface area contributed by atoms with E-state index in [1.807, 2.05) is 36.4 Å². The summed E-state index contributed by atoms with van der Waals surface area (Å²) in [6.07, 6.45) is 3.69. The molecule has 0 fully saturated rings. The highest BCUT2D eigenvalue weighted by Crippen LogP contribution is 2.67. The summed E-state index contributed by atoms with van der Waals surface area (Å²) in [7, 11) is 0. The zero-order valence-corrected chi connectivity index (χ0v) is 66.5. The van der Waals surface area contributed by atoms with Gasteiger partial charge in [-0.3, -0.25) is 19.2 Å². The molecule has 0 radical (unpaired) electrons. The smallest absolute Gasteiger partial charge is 0.197 e. The number of nitrogens with zero attached hydrogens (tertiary/aromatic N) is 2. The van der Waals surface area contributed by atoms with Gasteiger partial charge in [-0.1, -0.05) is 301 Å². The van der Waals surface area contributed by atoms with Crippen LogP contribution in [0.3, 0.4) is 0 Å². The third-order valence-electron chi connectivity index (χ3n) is 22.8. The number of benzene rings is 9. The highest BCUT2D eigenvalue weighted by Gasteiger charge is 2.54. The van der Waals surface area contributed by atoms with Gasteiger partial charge in [0.2, 0.25) is 0 Å². The summed E-state index contributed by atoms with van der Waals surface area (Å²) in [5.74, 6) is 0.586. The summed E-state index contributed by atoms with van der Waals surface area (Å²) in [5.41, 5.74) is 27.4. The average Bonchev–Trinajstić information content (AvgIpc) is 1.46. The van der Waals surface area contributed by atoms with Crippen molar-refractivity contribution < 1.29 is 19.2 Å². The van der Waals surface area contributed by atoms with Crippen LogP contribution in [0.25, 0.3) is 34.4 Å². The summed E-state index contributed by atoms with van der Waals surface area (Å²) in [6.45, 7) is 43.8. The average molecular weight is 1430 g/mol. The molecule has 3 aliphatic carbocycles. The monoisotopic (exact) mass is 1430 g/mol. The molecular weight excluding hydrogens is 1330 g/mol. The van der Waals surface area contributed by atoms with Gasteiger partial charge < -0.3 is 9.80 Å². The molecule has 16 rings (SSSR count). The zero-order valence-electron chi connectivity index (χ0n) is 64.9. The Hall–Kier alpha value is -9.86. The van der Waals surface area contributed by atoms with Gasteiger partial charge in [-0.25, -0.2) is 0 Å². The summed E-state index contributed by atoms with van der Waals surface area (Å²) in [5, 5.41) is 2.25. The molecule has 11 aromatic rings. The lowest BCUT2D eigenvalue weighted by Crippen LogP contribution is -2.36. The lowest BCUT2D eigenvalue weighted by molar-refractivity contribution is 0.0975. The third kappa shape index (κ3) is 11.4. The number of anilines is 6. The molecule has 1 spiro atoms. The Morgan fingerprint density at radius 2 is 0.717 bits per heavy atom. The minimum Gasteiger partial charge on any atom is -0.301 e. The van der Waals surface area contributed by atoms with Crippen molar-refractivity contribution in [2.75, 3.05) is 9.80 Å². The molecule has 9 aromatic carbocycles. The van der Waals surface area contributed by atoms with Crippen molar-refractivity contribution in [3.8, 4) is 22.3 Å². The Morgan fingerprint density at radius 3 is 1.14 bits per heavy atom. The Labute approximate surface area is 635 Å². The Bertz CT molecular complexity index is 5370.